The summed E-state index contributed by atoms with van der Waals surface area (Å²) in [7, 11) is 0. The zero-order valence-electron chi connectivity index (χ0n) is 11.9. The van der Waals surface area contributed by atoms with Gasteiger partial charge in [0.2, 0.25) is 0 Å². The quantitative estimate of drug-likeness (QED) is 0.867. The highest BCUT2D eigenvalue weighted by atomic mass is 16.6. The summed E-state index contributed by atoms with van der Waals surface area (Å²) in [6.07, 6.45) is 4.48. The lowest BCUT2D eigenvalue weighted by Gasteiger charge is -2.06. The smallest absolute Gasteiger partial charge is 0.399 e. The maximum absolute atomic E-state index is 5.61. The number of oxazole rings is 1. The van der Waals surface area contributed by atoms with Crippen LogP contribution in [-0.2, 0) is 6.54 Å². The molecule has 106 valence electrons. The summed E-state index contributed by atoms with van der Waals surface area (Å²) in [6, 6.07) is 8.69. The van der Waals surface area contributed by atoms with E-state index in [0.29, 0.717) is 18.0 Å². The number of rotatable bonds is 6. The van der Waals surface area contributed by atoms with Gasteiger partial charge in [-0.3, -0.25) is 0 Å². The minimum Gasteiger partial charge on any atom is -0.417 e. The van der Waals surface area contributed by atoms with E-state index >= 15 is 0 Å². The molecule has 0 saturated heterocycles. The fraction of sp³-hybridized carbons (Fsp3) is 0.438. The Morgan fingerprint density at radius 3 is 2.70 bits per heavy atom. The summed E-state index contributed by atoms with van der Waals surface area (Å²) >= 11 is 0. The maximum atomic E-state index is 5.61. The fourth-order valence-electron chi connectivity index (χ4n) is 1.97. The van der Waals surface area contributed by atoms with Crippen LogP contribution in [0.25, 0.3) is 0 Å². The average molecular weight is 272 g/mol. The Morgan fingerprint density at radius 1 is 1.30 bits per heavy atom. The van der Waals surface area contributed by atoms with Gasteiger partial charge in [-0.2, -0.15) is 4.98 Å². The molecule has 0 bridgehead atoms. The van der Waals surface area contributed by atoms with E-state index < -0.39 is 0 Å². The third kappa shape index (κ3) is 3.39. The molecule has 1 saturated carbocycles. The van der Waals surface area contributed by atoms with Crippen molar-refractivity contribution in [1.29, 1.82) is 0 Å². The Kier molecular flexibility index (Phi) is 3.74. The molecule has 1 aromatic carbocycles. The van der Waals surface area contributed by atoms with E-state index in [2.05, 4.69) is 36.3 Å². The van der Waals surface area contributed by atoms with Crippen LogP contribution in [0.2, 0.25) is 0 Å². The molecule has 1 heterocycles. The van der Waals surface area contributed by atoms with Gasteiger partial charge in [-0.05, 0) is 36.5 Å². The molecule has 0 amide bonds. The van der Waals surface area contributed by atoms with Gasteiger partial charge in [-0.15, -0.1) is 0 Å². The molecule has 1 aliphatic carbocycles. The molecule has 3 rings (SSSR count). The lowest BCUT2D eigenvalue weighted by atomic mass is 10.0. The van der Waals surface area contributed by atoms with Crippen LogP contribution in [0.1, 0.15) is 43.9 Å². The van der Waals surface area contributed by atoms with Gasteiger partial charge in [-0.25, -0.2) is 0 Å². The summed E-state index contributed by atoms with van der Waals surface area (Å²) in [6.45, 7) is 5.08. The summed E-state index contributed by atoms with van der Waals surface area (Å²) < 4.78 is 10.9. The summed E-state index contributed by atoms with van der Waals surface area (Å²) in [4.78, 5) is 4.31. The summed E-state index contributed by atoms with van der Waals surface area (Å²) in [5, 5.41) is 3.39. The Hall–Kier alpha value is -1.81. The van der Waals surface area contributed by atoms with Crippen LogP contribution >= 0.6 is 0 Å². The molecule has 20 heavy (non-hydrogen) atoms. The van der Waals surface area contributed by atoms with Gasteiger partial charge in [0.15, 0.2) is 0 Å². The molecular weight excluding hydrogens is 252 g/mol. The number of ether oxygens (including phenoxy) is 1. The van der Waals surface area contributed by atoms with E-state index in [9.17, 15) is 0 Å². The molecule has 2 aromatic rings. The summed E-state index contributed by atoms with van der Waals surface area (Å²) in [5.74, 6) is 1.27. The molecule has 1 aliphatic rings. The van der Waals surface area contributed by atoms with Crippen LogP contribution < -0.4 is 10.1 Å². The van der Waals surface area contributed by atoms with E-state index in [1.54, 1.807) is 6.26 Å². The van der Waals surface area contributed by atoms with E-state index in [0.717, 1.165) is 18.0 Å². The van der Waals surface area contributed by atoms with Gasteiger partial charge in [0.25, 0.3) is 0 Å². The largest absolute Gasteiger partial charge is 0.417 e. The van der Waals surface area contributed by atoms with Gasteiger partial charge < -0.3 is 14.5 Å². The molecule has 0 unspecified atom stereocenters. The van der Waals surface area contributed by atoms with Crippen molar-refractivity contribution in [3.05, 3.63) is 41.8 Å². The lowest BCUT2D eigenvalue weighted by molar-refractivity contribution is 0.330. The Morgan fingerprint density at radius 2 is 2.05 bits per heavy atom. The minimum absolute atomic E-state index is 0.301. The first-order valence-corrected chi connectivity index (χ1v) is 7.16. The molecule has 0 spiro atoms. The fourth-order valence-corrected chi connectivity index (χ4v) is 1.97. The molecule has 4 nitrogen and oxygen atoms in total. The number of nitrogens with one attached hydrogen (secondary N) is 1. The Bertz CT molecular complexity index is 556. The zero-order chi connectivity index (χ0) is 13.9. The standard InChI is InChI=1S/C16H20N2O2/c1-11(2)12-3-7-15(8-4-12)20-16-18-14(10-19-16)9-17-13-5-6-13/h3-4,7-8,10-11,13,17H,5-6,9H2,1-2H3. The predicted octanol–water partition coefficient (Wildman–Crippen LogP) is 3.84. The van der Waals surface area contributed by atoms with Gasteiger partial charge in [0, 0.05) is 12.6 Å². The second kappa shape index (κ2) is 5.67. The Labute approximate surface area is 119 Å². The van der Waals surface area contributed by atoms with Crippen LogP contribution in [0.5, 0.6) is 11.8 Å². The Balaban J connectivity index is 1.58. The highest BCUT2D eigenvalue weighted by molar-refractivity contribution is 5.30. The lowest BCUT2D eigenvalue weighted by Crippen LogP contribution is -2.15. The van der Waals surface area contributed by atoms with Crippen molar-refractivity contribution >= 4 is 0 Å². The van der Waals surface area contributed by atoms with Crippen molar-refractivity contribution in [2.45, 2.75) is 45.2 Å². The predicted molar refractivity (Wildman–Crippen MR) is 77.0 cm³/mol. The van der Waals surface area contributed by atoms with E-state index in [1.165, 1.54) is 18.4 Å². The maximum Gasteiger partial charge on any atom is 0.399 e. The highest BCUT2D eigenvalue weighted by Crippen LogP contribution is 2.24. The van der Waals surface area contributed by atoms with Crippen LogP contribution in [0, 0.1) is 0 Å². The van der Waals surface area contributed by atoms with Crippen LogP contribution in [0.4, 0.5) is 0 Å². The van der Waals surface area contributed by atoms with Crippen LogP contribution in [-0.4, -0.2) is 11.0 Å². The molecule has 1 aromatic heterocycles. The molecule has 1 fully saturated rings. The van der Waals surface area contributed by atoms with Crippen molar-refractivity contribution in [2.24, 2.45) is 0 Å². The van der Waals surface area contributed by atoms with Gasteiger partial charge in [0.05, 0.1) is 5.69 Å². The first-order chi connectivity index (χ1) is 9.70. The number of hydrogen-bond donors (Lipinski definition) is 1. The number of hydrogen-bond acceptors (Lipinski definition) is 4. The third-order valence-electron chi connectivity index (χ3n) is 3.43. The second-order valence-corrected chi connectivity index (χ2v) is 5.59. The minimum atomic E-state index is 0.301. The van der Waals surface area contributed by atoms with E-state index in [1.807, 2.05) is 12.1 Å². The molecule has 0 atom stereocenters. The van der Waals surface area contributed by atoms with Crippen molar-refractivity contribution in [2.75, 3.05) is 0 Å². The van der Waals surface area contributed by atoms with Crippen LogP contribution in [0.15, 0.2) is 34.9 Å². The van der Waals surface area contributed by atoms with Crippen LogP contribution in [0.3, 0.4) is 0 Å². The van der Waals surface area contributed by atoms with Crippen molar-refractivity contribution in [3.8, 4) is 11.8 Å². The molecule has 0 aliphatic heterocycles. The third-order valence-corrected chi connectivity index (χ3v) is 3.43. The van der Waals surface area contributed by atoms with Gasteiger partial charge >= 0.3 is 6.08 Å². The normalized spacial score (nSPS) is 14.8. The van der Waals surface area contributed by atoms with Gasteiger partial charge in [0.1, 0.15) is 12.0 Å². The van der Waals surface area contributed by atoms with E-state index in [-0.39, 0.29) is 0 Å². The van der Waals surface area contributed by atoms with Crippen molar-refractivity contribution < 1.29 is 9.15 Å². The summed E-state index contributed by atoms with van der Waals surface area (Å²) in [5.41, 5.74) is 2.17. The average Bonchev–Trinajstić information content (AvgIpc) is 3.17. The molecular formula is C16H20N2O2. The monoisotopic (exact) mass is 272 g/mol. The SMILES string of the molecule is CC(C)c1ccc(Oc2nc(CNC3CC3)co2)cc1. The number of aromatic nitrogens is 1. The zero-order valence-corrected chi connectivity index (χ0v) is 11.9. The number of nitrogens with zero attached hydrogens (tertiary/aromatic N) is 1. The first kappa shape index (κ1) is 13.2. The second-order valence-electron chi connectivity index (χ2n) is 5.59. The highest BCUT2D eigenvalue weighted by Gasteiger charge is 2.20. The topological polar surface area (TPSA) is 47.3 Å². The van der Waals surface area contributed by atoms with E-state index in [4.69, 9.17) is 9.15 Å². The first-order valence-electron chi connectivity index (χ1n) is 7.16. The van der Waals surface area contributed by atoms with Gasteiger partial charge in [-0.1, -0.05) is 26.0 Å². The van der Waals surface area contributed by atoms with Crippen molar-refractivity contribution in [1.82, 2.24) is 10.3 Å². The number of benzene rings is 1. The molecule has 1 N–H and O–H groups in total. The molecule has 4 heteroatoms. The van der Waals surface area contributed by atoms with Crippen molar-refractivity contribution in [3.63, 3.8) is 0 Å². The molecule has 0 radical (unpaired) electrons.